The Morgan fingerprint density at radius 3 is 2.74 bits per heavy atom. The van der Waals surface area contributed by atoms with Crippen molar-refractivity contribution in [3.8, 4) is 5.69 Å². The number of benzene rings is 1. The number of rotatable bonds is 5. The van der Waals surface area contributed by atoms with Crippen LogP contribution < -0.4 is 10.5 Å². The van der Waals surface area contributed by atoms with Crippen molar-refractivity contribution in [2.45, 2.75) is 11.3 Å². The number of anilines is 1. The first-order valence-electron chi connectivity index (χ1n) is 7.50. The average molecular weight is 471 g/mol. The summed E-state index contributed by atoms with van der Waals surface area (Å²) < 4.78 is 26.0. The number of hydrogen-bond acceptors (Lipinski definition) is 5. The molecule has 0 unspecified atom stereocenters. The van der Waals surface area contributed by atoms with Gasteiger partial charge in [0.1, 0.15) is 10.0 Å². The maximum atomic E-state index is 12.3. The largest absolute Gasteiger partial charge is 0.326 e. The lowest BCUT2D eigenvalue weighted by Crippen LogP contribution is -2.18. The van der Waals surface area contributed by atoms with Crippen molar-refractivity contribution in [2.75, 3.05) is 5.32 Å². The second-order valence-corrected chi connectivity index (χ2v) is 8.31. The summed E-state index contributed by atoms with van der Waals surface area (Å²) in [4.78, 5) is 16.0. The SMILES string of the molecule is NS(=O)(=O)c1cc(NC(=O)Cc2cccnc2Cl)ccc1-n1cc(Br)cn1. The number of nitrogens with zero attached hydrogens (tertiary/aromatic N) is 3. The average Bonchev–Trinajstić information content (AvgIpc) is 3.02. The van der Waals surface area contributed by atoms with E-state index in [4.69, 9.17) is 16.7 Å². The number of pyridine rings is 1. The van der Waals surface area contributed by atoms with Gasteiger partial charge in [0.05, 0.1) is 22.8 Å². The van der Waals surface area contributed by atoms with E-state index in [2.05, 4.69) is 31.3 Å². The lowest BCUT2D eigenvalue weighted by Gasteiger charge is -2.11. The molecule has 0 aliphatic carbocycles. The van der Waals surface area contributed by atoms with E-state index < -0.39 is 10.0 Å². The van der Waals surface area contributed by atoms with Crippen LogP contribution in [0.4, 0.5) is 5.69 Å². The van der Waals surface area contributed by atoms with Gasteiger partial charge in [0.25, 0.3) is 0 Å². The summed E-state index contributed by atoms with van der Waals surface area (Å²) >= 11 is 9.20. The van der Waals surface area contributed by atoms with Gasteiger partial charge in [0.15, 0.2) is 0 Å². The van der Waals surface area contributed by atoms with E-state index >= 15 is 0 Å². The van der Waals surface area contributed by atoms with E-state index in [0.717, 1.165) is 0 Å². The van der Waals surface area contributed by atoms with Crippen LogP contribution in [0.15, 0.2) is 58.3 Å². The highest BCUT2D eigenvalue weighted by Gasteiger charge is 2.18. The van der Waals surface area contributed by atoms with Crippen molar-refractivity contribution in [1.29, 1.82) is 0 Å². The lowest BCUT2D eigenvalue weighted by atomic mass is 10.2. The third-order valence-electron chi connectivity index (χ3n) is 3.54. The molecule has 0 aliphatic rings. The number of aromatic nitrogens is 3. The molecule has 3 aromatic rings. The molecule has 0 bridgehead atoms. The number of amides is 1. The predicted molar refractivity (Wildman–Crippen MR) is 104 cm³/mol. The first-order valence-corrected chi connectivity index (χ1v) is 10.2. The Hall–Kier alpha value is -2.27. The zero-order valence-electron chi connectivity index (χ0n) is 13.6. The Balaban J connectivity index is 1.89. The fourth-order valence-corrected chi connectivity index (χ4v) is 3.59. The van der Waals surface area contributed by atoms with Crippen LogP contribution in [-0.2, 0) is 21.2 Å². The molecule has 1 amide bonds. The molecule has 27 heavy (non-hydrogen) atoms. The smallest absolute Gasteiger partial charge is 0.240 e. The van der Waals surface area contributed by atoms with E-state index in [-0.39, 0.29) is 33.8 Å². The molecule has 0 saturated carbocycles. The first kappa shape index (κ1) is 19.5. The minimum absolute atomic E-state index is 0.00869. The molecule has 2 heterocycles. The van der Waals surface area contributed by atoms with Crippen LogP contribution in [0.1, 0.15) is 5.56 Å². The Morgan fingerprint density at radius 2 is 2.11 bits per heavy atom. The van der Waals surface area contributed by atoms with Gasteiger partial charge >= 0.3 is 0 Å². The molecule has 1 aromatic carbocycles. The highest BCUT2D eigenvalue weighted by atomic mass is 79.9. The molecular weight excluding hydrogens is 458 g/mol. The van der Waals surface area contributed by atoms with Crippen LogP contribution in [0.2, 0.25) is 5.15 Å². The summed E-state index contributed by atoms with van der Waals surface area (Å²) in [6, 6.07) is 7.70. The molecule has 140 valence electrons. The summed E-state index contributed by atoms with van der Waals surface area (Å²) in [5.74, 6) is -0.375. The van der Waals surface area contributed by atoms with Gasteiger partial charge in [-0.25, -0.2) is 23.2 Å². The summed E-state index contributed by atoms with van der Waals surface area (Å²) in [5.41, 5.74) is 1.09. The molecule has 8 nitrogen and oxygen atoms in total. The minimum atomic E-state index is -4.05. The molecule has 0 radical (unpaired) electrons. The van der Waals surface area contributed by atoms with Crippen molar-refractivity contribution in [1.82, 2.24) is 14.8 Å². The third-order valence-corrected chi connectivity index (χ3v) is 5.23. The number of halogens is 2. The Morgan fingerprint density at radius 1 is 1.33 bits per heavy atom. The molecule has 0 fully saturated rings. The van der Waals surface area contributed by atoms with Gasteiger partial charge in [-0.1, -0.05) is 17.7 Å². The van der Waals surface area contributed by atoms with Crippen LogP contribution in [0, 0.1) is 0 Å². The number of sulfonamides is 1. The van der Waals surface area contributed by atoms with Crippen LogP contribution in [-0.4, -0.2) is 29.1 Å². The number of hydrogen-bond donors (Lipinski definition) is 2. The first-order chi connectivity index (χ1) is 12.7. The van der Waals surface area contributed by atoms with Gasteiger partial charge in [-0.3, -0.25) is 4.79 Å². The molecule has 0 spiro atoms. The fourth-order valence-electron chi connectivity index (χ4n) is 2.37. The summed E-state index contributed by atoms with van der Waals surface area (Å²) in [6.07, 6.45) is 4.62. The summed E-state index contributed by atoms with van der Waals surface area (Å²) in [5, 5.41) is 12.2. The zero-order valence-corrected chi connectivity index (χ0v) is 16.8. The molecule has 0 atom stereocenters. The molecular formula is C16H13BrClN5O3S. The maximum absolute atomic E-state index is 12.3. The van der Waals surface area contributed by atoms with Crippen molar-refractivity contribution >= 4 is 49.1 Å². The molecule has 0 aliphatic heterocycles. The highest BCUT2D eigenvalue weighted by molar-refractivity contribution is 9.10. The van der Waals surface area contributed by atoms with Crippen LogP contribution in [0.3, 0.4) is 0 Å². The van der Waals surface area contributed by atoms with E-state index in [1.807, 2.05) is 0 Å². The normalized spacial score (nSPS) is 11.4. The number of nitrogens with two attached hydrogens (primary N) is 1. The molecule has 11 heteroatoms. The highest BCUT2D eigenvalue weighted by Crippen LogP contribution is 2.24. The molecule has 3 N–H and O–H groups in total. The minimum Gasteiger partial charge on any atom is -0.326 e. The van der Waals surface area contributed by atoms with Gasteiger partial charge in [-0.15, -0.1) is 0 Å². The van der Waals surface area contributed by atoms with Gasteiger partial charge < -0.3 is 5.32 Å². The van der Waals surface area contributed by atoms with Crippen LogP contribution in [0.5, 0.6) is 0 Å². The molecule has 3 rings (SSSR count). The van der Waals surface area contributed by atoms with E-state index in [9.17, 15) is 13.2 Å². The van der Waals surface area contributed by atoms with Crippen molar-refractivity contribution < 1.29 is 13.2 Å². The quantitative estimate of drug-likeness (QED) is 0.555. The van der Waals surface area contributed by atoms with Crippen molar-refractivity contribution in [2.24, 2.45) is 5.14 Å². The topological polar surface area (TPSA) is 120 Å². The monoisotopic (exact) mass is 469 g/mol. The Kier molecular flexibility index (Phi) is 5.61. The van der Waals surface area contributed by atoms with E-state index in [0.29, 0.717) is 10.0 Å². The standard InChI is InChI=1S/C16H13BrClN5O3S/c17-11-8-21-23(9-11)13-4-3-12(7-14(13)27(19,25)26)22-15(24)6-10-2-1-5-20-16(10)18/h1-5,7-9H,6H2,(H,22,24)(H2,19,25,26). The van der Waals surface area contributed by atoms with Gasteiger partial charge in [0, 0.05) is 18.1 Å². The number of nitrogens with one attached hydrogen (secondary N) is 1. The predicted octanol–water partition coefficient (Wildman–Crippen LogP) is 2.51. The van der Waals surface area contributed by atoms with Crippen molar-refractivity contribution in [3.05, 3.63) is 64.1 Å². The second-order valence-electron chi connectivity index (χ2n) is 5.51. The van der Waals surface area contributed by atoms with E-state index in [1.54, 1.807) is 24.4 Å². The van der Waals surface area contributed by atoms with Gasteiger partial charge in [0.2, 0.25) is 15.9 Å². The maximum Gasteiger partial charge on any atom is 0.240 e. The molecule has 2 aromatic heterocycles. The summed E-state index contributed by atoms with van der Waals surface area (Å²) in [7, 11) is -4.05. The third kappa shape index (κ3) is 4.72. The number of carbonyl (C=O) groups excluding carboxylic acids is 1. The summed E-state index contributed by atoms with van der Waals surface area (Å²) in [6.45, 7) is 0. The Labute approximate surface area is 168 Å². The molecule has 0 saturated heterocycles. The van der Waals surface area contributed by atoms with Crippen LogP contribution >= 0.6 is 27.5 Å². The second kappa shape index (κ2) is 7.77. The van der Waals surface area contributed by atoms with Gasteiger partial charge in [-0.05, 0) is 45.8 Å². The van der Waals surface area contributed by atoms with Crippen LogP contribution in [0.25, 0.3) is 5.69 Å². The number of primary sulfonamides is 1. The zero-order chi connectivity index (χ0) is 19.6. The van der Waals surface area contributed by atoms with Gasteiger partial charge in [-0.2, -0.15) is 5.10 Å². The van der Waals surface area contributed by atoms with Crippen molar-refractivity contribution in [3.63, 3.8) is 0 Å². The number of carbonyl (C=O) groups is 1. The fraction of sp³-hybridized carbons (Fsp3) is 0.0625. The van der Waals surface area contributed by atoms with E-state index in [1.165, 1.54) is 29.2 Å². The lowest BCUT2D eigenvalue weighted by molar-refractivity contribution is -0.115. The Bertz CT molecular complexity index is 1120.